The standard InChI is InChI=1S/C43H59N5O4/c1-9-36-28(2)37(18-20-43(36,4)5)46-42(50)40-39(29(3)49)38(25-44)52-48(40)27-32-16-13-17-35(41(32)51-8)33-22-31(23-34(24-33)47(6)7)26-45-21-19-30-14-11-10-12-15-30/h9-17,22-24,29,36-40,45,49H,1-2,18-21,25-27,44H2,3-8H3,(H,46,50)/t29-,36-,37-,38-,39+,40-/m0/s1. The lowest BCUT2D eigenvalue weighted by Crippen LogP contribution is -2.53. The lowest BCUT2D eigenvalue weighted by atomic mass is 9.65. The molecule has 0 spiro atoms. The molecule has 0 aromatic heterocycles. The molecule has 1 aliphatic carbocycles. The number of para-hydroxylation sites is 1. The third kappa shape index (κ3) is 8.78. The summed E-state index contributed by atoms with van der Waals surface area (Å²) in [4.78, 5) is 22.8. The molecule has 1 saturated heterocycles. The van der Waals surface area contributed by atoms with Gasteiger partial charge in [0.1, 0.15) is 11.8 Å². The summed E-state index contributed by atoms with van der Waals surface area (Å²) in [5.74, 6) is 0.0335. The van der Waals surface area contributed by atoms with Gasteiger partial charge >= 0.3 is 0 Å². The first kappa shape index (κ1) is 39.2. The molecule has 5 N–H and O–H groups in total. The van der Waals surface area contributed by atoms with E-state index >= 15 is 0 Å². The van der Waals surface area contributed by atoms with Crippen molar-refractivity contribution in [3.05, 3.63) is 108 Å². The molecule has 52 heavy (non-hydrogen) atoms. The lowest BCUT2D eigenvalue weighted by molar-refractivity contribution is -0.174. The smallest absolute Gasteiger partial charge is 0.240 e. The van der Waals surface area contributed by atoms with Gasteiger partial charge in [0, 0.05) is 55.8 Å². The molecule has 1 heterocycles. The summed E-state index contributed by atoms with van der Waals surface area (Å²) in [7, 11) is 5.76. The van der Waals surface area contributed by atoms with Gasteiger partial charge in [0.2, 0.25) is 5.91 Å². The largest absolute Gasteiger partial charge is 0.496 e. The molecule has 6 atom stereocenters. The summed E-state index contributed by atoms with van der Waals surface area (Å²) in [5, 5.41) is 19.6. The molecule has 9 heteroatoms. The van der Waals surface area contributed by atoms with Gasteiger partial charge in [0.25, 0.3) is 0 Å². The molecule has 0 bridgehead atoms. The van der Waals surface area contributed by atoms with Crippen LogP contribution in [0.2, 0.25) is 0 Å². The topological polar surface area (TPSA) is 112 Å². The van der Waals surface area contributed by atoms with E-state index in [0.717, 1.165) is 60.3 Å². The second-order valence-electron chi connectivity index (χ2n) is 15.3. The van der Waals surface area contributed by atoms with E-state index in [1.807, 2.05) is 38.4 Å². The Labute approximate surface area is 310 Å². The quantitative estimate of drug-likeness (QED) is 0.115. The first-order chi connectivity index (χ1) is 24.9. The summed E-state index contributed by atoms with van der Waals surface area (Å²) in [6.45, 7) is 16.6. The molecule has 3 aromatic rings. The molecule has 1 aliphatic heterocycles. The average Bonchev–Trinajstić information content (AvgIpc) is 3.50. The number of hydroxylamine groups is 2. The number of carbonyl (C=O) groups is 1. The zero-order valence-corrected chi connectivity index (χ0v) is 31.9. The summed E-state index contributed by atoms with van der Waals surface area (Å²) in [5.41, 5.74) is 13.5. The second-order valence-corrected chi connectivity index (χ2v) is 15.3. The van der Waals surface area contributed by atoms with Gasteiger partial charge < -0.3 is 31.1 Å². The maximum atomic E-state index is 14.3. The molecular formula is C43H59N5O4. The minimum atomic E-state index is -0.828. The van der Waals surface area contributed by atoms with Crippen LogP contribution in [0.5, 0.6) is 5.75 Å². The zero-order chi connectivity index (χ0) is 37.6. The highest BCUT2D eigenvalue weighted by atomic mass is 16.7. The van der Waals surface area contributed by atoms with E-state index in [4.69, 9.17) is 15.3 Å². The van der Waals surface area contributed by atoms with Crippen molar-refractivity contribution in [3.63, 3.8) is 0 Å². The van der Waals surface area contributed by atoms with Crippen molar-refractivity contribution in [1.29, 1.82) is 0 Å². The predicted octanol–water partition coefficient (Wildman–Crippen LogP) is 5.86. The van der Waals surface area contributed by atoms with Crippen LogP contribution < -0.4 is 26.0 Å². The Hall–Kier alpha value is -3.99. The van der Waals surface area contributed by atoms with Crippen LogP contribution >= 0.6 is 0 Å². The second kappa shape index (κ2) is 17.2. The Balaban J connectivity index is 1.41. The zero-order valence-electron chi connectivity index (χ0n) is 31.9. The Kier molecular flexibility index (Phi) is 13.0. The third-order valence-electron chi connectivity index (χ3n) is 10.9. The van der Waals surface area contributed by atoms with Crippen molar-refractivity contribution >= 4 is 11.6 Å². The fourth-order valence-corrected chi connectivity index (χ4v) is 8.03. The molecule has 2 aliphatic rings. The maximum absolute atomic E-state index is 14.3. The number of nitrogens with zero attached hydrogens (tertiary/aromatic N) is 2. The van der Waals surface area contributed by atoms with Crippen LogP contribution in [0.15, 0.2) is 91.5 Å². The fourth-order valence-electron chi connectivity index (χ4n) is 8.03. The fraction of sp³-hybridized carbons (Fsp3) is 0.465. The molecule has 280 valence electrons. The number of nitrogens with two attached hydrogens (primary N) is 1. The van der Waals surface area contributed by atoms with Crippen molar-refractivity contribution in [2.45, 2.75) is 77.4 Å². The number of amides is 1. The number of methoxy groups -OCH3 is 1. The van der Waals surface area contributed by atoms with Crippen molar-refractivity contribution in [2.75, 3.05) is 39.2 Å². The van der Waals surface area contributed by atoms with Gasteiger partial charge in [-0.3, -0.25) is 9.63 Å². The maximum Gasteiger partial charge on any atom is 0.240 e. The number of aliphatic hydroxyl groups excluding tert-OH is 1. The number of rotatable bonds is 15. The first-order valence-corrected chi connectivity index (χ1v) is 18.5. The minimum absolute atomic E-state index is 0.0165. The molecule has 1 saturated carbocycles. The monoisotopic (exact) mass is 709 g/mol. The van der Waals surface area contributed by atoms with Gasteiger partial charge in [-0.05, 0) is 78.6 Å². The Morgan fingerprint density at radius 3 is 2.56 bits per heavy atom. The van der Waals surface area contributed by atoms with E-state index in [1.165, 1.54) is 11.1 Å². The molecule has 5 rings (SSSR count). The molecule has 3 aromatic carbocycles. The van der Waals surface area contributed by atoms with Crippen molar-refractivity contribution in [1.82, 2.24) is 15.7 Å². The number of carbonyl (C=O) groups excluding carboxylic acids is 1. The third-order valence-corrected chi connectivity index (χ3v) is 10.9. The Bertz CT molecular complexity index is 1690. The molecule has 0 unspecified atom stereocenters. The van der Waals surface area contributed by atoms with Crippen LogP contribution in [0.25, 0.3) is 11.1 Å². The van der Waals surface area contributed by atoms with Crippen molar-refractivity contribution in [2.24, 2.45) is 23.0 Å². The number of hydrogen-bond acceptors (Lipinski definition) is 8. The van der Waals surface area contributed by atoms with Crippen LogP contribution in [-0.4, -0.2) is 74.7 Å². The highest BCUT2D eigenvalue weighted by molar-refractivity contribution is 5.83. The number of benzene rings is 3. The average molecular weight is 710 g/mol. The van der Waals surface area contributed by atoms with Gasteiger partial charge in [-0.15, -0.1) is 6.58 Å². The van der Waals surface area contributed by atoms with Crippen molar-refractivity contribution in [3.8, 4) is 16.9 Å². The van der Waals surface area contributed by atoms with Gasteiger partial charge in [-0.25, -0.2) is 0 Å². The highest BCUT2D eigenvalue weighted by Crippen LogP contribution is 2.44. The number of allylic oxidation sites excluding steroid dienone is 1. The van der Waals surface area contributed by atoms with Crippen LogP contribution in [0, 0.1) is 17.3 Å². The highest BCUT2D eigenvalue weighted by Gasteiger charge is 2.50. The minimum Gasteiger partial charge on any atom is -0.496 e. The van der Waals surface area contributed by atoms with E-state index in [9.17, 15) is 9.90 Å². The number of hydrogen-bond donors (Lipinski definition) is 4. The van der Waals surface area contributed by atoms with Gasteiger partial charge in [-0.1, -0.05) is 75.0 Å². The van der Waals surface area contributed by atoms with Gasteiger partial charge in [-0.2, -0.15) is 5.06 Å². The van der Waals surface area contributed by atoms with E-state index in [-0.39, 0.29) is 36.4 Å². The van der Waals surface area contributed by atoms with E-state index in [1.54, 1.807) is 19.1 Å². The molecule has 1 amide bonds. The lowest BCUT2D eigenvalue weighted by Gasteiger charge is -2.43. The Morgan fingerprint density at radius 2 is 1.90 bits per heavy atom. The van der Waals surface area contributed by atoms with Crippen LogP contribution in [0.4, 0.5) is 5.69 Å². The summed E-state index contributed by atoms with van der Waals surface area (Å²) in [6, 6.07) is 22.2. The van der Waals surface area contributed by atoms with Gasteiger partial charge in [0.05, 0.1) is 31.9 Å². The summed E-state index contributed by atoms with van der Waals surface area (Å²) < 4.78 is 6.12. The number of nitrogens with one attached hydrogen (secondary N) is 2. The van der Waals surface area contributed by atoms with Crippen LogP contribution in [0.1, 0.15) is 50.3 Å². The SMILES string of the molecule is C=C[C@H]1C(=C)[C@@H](NC(=O)[C@@H]2[C@H]([C@H](C)O)[C@H](CN)ON2Cc2cccc(-c3cc(CNCCc4ccccc4)cc(N(C)C)c3)c2OC)CCC1(C)C. The number of ether oxygens (including phenoxy) is 1. The molecule has 2 fully saturated rings. The predicted molar refractivity (Wildman–Crippen MR) is 211 cm³/mol. The molecule has 9 nitrogen and oxygen atoms in total. The number of aliphatic hydroxyl groups is 1. The molecular weight excluding hydrogens is 651 g/mol. The van der Waals surface area contributed by atoms with E-state index in [2.05, 4.69) is 91.1 Å². The van der Waals surface area contributed by atoms with E-state index in [0.29, 0.717) is 5.75 Å². The van der Waals surface area contributed by atoms with Crippen LogP contribution in [0.3, 0.4) is 0 Å². The summed E-state index contributed by atoms with van der Waals surface area (Å²) in [6.07, 6.45) is 3.24. The van der Waals surface area contributed by atoms with Crippen LogP contribution in [-0.2, 0) is 29.1 Å². The van der Waals surface area contributed by atoms with Crippen molar-refractivity contribution < 1.29 is 19.5 Å². The molecule has 0 radical (unpaired) electrons. The van der Waals surface area contributed by atoms with E-state index < -0.39 is 24.2 Å². The summed E-state index contributed by atoms with van der Waals surface area (Å²) >= 11 is 0. The normalized spacial score (nSPS) is 23.6. The number of anilines is 1. The van der Waals surface area contributed by atoms with Gasteiger partial charge in [0.15, 0.2) is 0 Å². The Morgan fingerprint density at radius 1 is 1.15 bits per heavy atom. The first-order valence-electron chi connectivity index (χ1n) is 18.5.